The zero-order valence-corrected chi connectivity index (χ0v) is 25.1. The Morgan fingerprint density at radius 2 is 1.72 bits per heavy atom. The van der Waals surface area contributed by atoms with E-state index in [1.807, 2.05) is 12.1 Å². The van der Waals surface area contributed by atoms with E-state index in [0.29, 0.717) is 29.4 Å². The minimum atomic E-state index is -0.960. The largest absolute Gasteiger partial charge is 0.478 e. The normalized spacial score (nSPS) is 18.6. The number of nitrogens with zero attached hydrogens (tertiary/aromatic N) is 3. The molecular formula is C37H39N3O3. The van der Waals surface area contributed by atoms with Gasteiger partial charge in [0.1, 0.15) is 5.56 Å². The van der Waals surface area contributed by atoms with Gasteiger partial charge in [0.15, 0.2) is 0 Å². The maximum atomic E-state index is 12.5. The number of amides is 1. The summed E-state index contributed by atoms with van der Waals surface area (Å²) in [6, 6.07) is 22.1. The van der Waals surface area contributed by atoms with Crippen molar-refractivity contribution in [1.82, 2.24) is 14.7 Å². The molecule has 220 valence electrons. The average Bonchev–Trinajstić information content (AvgIpc) is 3.68. The second kappa shape index (κ2) is 11.1. The number of carbonyl (C=O) groups is 2. The fraction of sp³-hybridized carbons (Fsp3) is 0.378. The third-order valence-corrected chi connectivity index (χ3v) is 10.0. The van der Waals surface area contributed by atoms with Crippen LogP contribution in [0.4, 0.5) is 0 Å². The third-order valence-electron chi connectivity index (χ3n) is 10.0. The molecule has 7 rings (SSSR count). The molecule has 2 fully saturated rings. The van der Waals surface area contributed by atoms with Gasteiger partial charge in [-0.25, -0.2) is 9.48 Å². The van der Waals surface area contributed by atoms with Crippen LogP contribution in [0.2, 0.25) is 0 Å². The molecular weight excluding hydrogens is 534 g/mol. The zero-order chi connectivity index (χ0) is 29.7. The van der Waals surface area contributed by atoms with Gasteiger partial charge in [-0.05, 0) is 122 Å². The fourth-order valence-corrected chi connectivity index (χ4v) is 7.42. The molecule has 43 heavy (non-hydrogen) atoms. The Morgan fingerprint density at radius 3 is 2.44 bits per heavy atom. The molecule has 1 saturated heterocycles. The van der Waals surface area contributed by atoms with Crippen LogP contribution in [-0.2, 0) is 17.6 Å². The first-order valence-electron chi connectivity index (χ1n) is 15.8. The number of carboxylic acids is 1. The Labute approximate surface area is 253 Å². The van der Waals surface area contributed by atoms with Gasteiger partial charge >= 0.3 is 5.97 Å². The molecule has 1 atom stereocenters. The van der Waals surface area contributed by atoms with Crippen LogP contribution < -0.4 is 0 Å². The van der Waals surface area contributed by atoms with Crippen molar-refractivity contribution in [3.63, 3.8) is 0 Å². The number of aromatic carboxylic acids is 1. The van der Waals surface area contributed by atoms with Crippen LogP contribution in [0.5, 0.6) is 0 Å². The van der Waals surface area contributed by atoms with Crippen LogP contribution in [0.15, 0.2) is 66.9 Å². The molecule has 1 aliphatic heterocycles. The van der Waals surface area contributed by atoms with Gasteiger partial charge in [-0.1, -0.05) is 48.5 Å². The van der Waals surface area contributed by atoms with Gasteiger partial charge in [0.25, 0.3) is 0 Å². The Morgan fingerprint density at radius 1 is 0.930 bits per heavy atom. The number of likely N-dealkylation sites (tertiary alicyclic amines) is 1. The lowest BCUT2D eigenvalue weighted by atomic mass is 9.84. The van der Waals surface area contributed by atoms with Gasteiger partial charge in [-0.2, -0.15) is 5.10 Å². The van der Waals surface area contributed by atoms with Crippen molar-refractivity contribution in [3.8, 4) is 16.8 Å². The summed E-state index contributed by atoms with van der Waals surface area (Å²) < 4.78 is 1.72. The zero-order valence-electron chi connectivity index (χ0n) is 25.1. The first-order valence-corrected chi connectivity index (χ1v) is 15.8. The highest BCUT2D eigenvalue weighted by Gasteiger charge is 2.35. The average molecular weight is 574 g/mol. The Balaban J connectivity index is 1.11. The lowest BCUT2D eigenvalue weighted by Crippen LogP contribution is -2.38. The molecule has 6 heteroatoms. The lowest BCUT2D eigenvalue weighted by Gasteiger charge is -2.32. The predicted molar refractivity (Wildman–Crippen MR) is 168 cm³/mol. The molecule has 0 bridgehead atoms. The first kappa shape index (κ1) is 27.6. The van der Waals surface area contributed by atoms with Crippen molar-refractivity contribution in [3.05, 3.63) is 106 Å². The number of aryl methyl sites for hydroxylation is 2. The van der Waals surface area contributed by atoms with Gasteiger partial charge in [-0.3, -0.25) is 4.79 Å². The second-order valence-corrected chi connectivity index (χ2v) is 12.8. The van der Waals surface area contributed by atoms with Gasteiger partial charge in [0.2, 0.25) is 5.91 Å². The summed E-state index contributed by atoms with van der Waals surface area (Å²) in [5, 5.41) is 13.9. The highest BCUT2D eigenvalue weighted by Crippen LogP contribution is 2.43. The van der Waals surface area contributed by atoms with Crippen molar-refractivity contribution in [2.45, 2.75) is 70.6 Å². The molecule has 0 spiro atoms. The first-order chi connectivity index (χ1) is 20.9. The number of hydrogen-bond acceptors (Lipinski definition) is 3. The van der Waals surface area contributed by atoms with E-state index in [1.54, 1.807) is 11.6 Å². The summed E-state index contributed by atoms with van der Waals surface area (Å²) in [6.07, 6.45) is 8.95. The van der Waals surface area contributed by atoms with Crippen molar-refractivity contribution >= 4 is 11.9 Å². The topological polar surface area (TPSA) is 75.4 Å². The van der Waals surface area contributed by atoms with E-state index in [2.05, 4.69) is 65.5 Å². The number of carboxylic acid groups (broad SMARTS) is 1. The quantitative estimate of drug-likeness (QED) is 0.253. The van der Waals surface area contributed by atoms with Crippen LogP contribution >= 0.6 is 0 Å². The summed E-state index contributed by atoms with van der Waals surface area (Å²) in [5.41, 5.74) is 11.2. The standard InChI is InChI=1S/C37H39N3O3/c1-23-19-29(25-15-17-39(18-16-25)36(41)27-10-11-27)13-12-28(23)20-31-14-9-26-5-4-8-33(35(26)31)30-6-3-7-32(21-30)40-24(2)34(22-38-40)37(42)43/h3-8,12-13,19,21-22,25,27,31H,9-11,14-18,20H2,1-2H3,(H,42,43). The maximum absolute atomic E-state index is 12.5. The van der Waals surface area contributed by atoms with Gasteiger partial charge in [0.05, 0.1) is 17.6 Å². The van der Waals surface area contributed by atoms with Crippen LogP contribution in [0.1, 0.15) is 87.8 Å². The van der Waals surface area contributed by atoms with Crippen molar-refractivity contribution in [1.29, 1.82) is 0 Å². The van der Waals surface area contributed by atoms with E-state index < -0.39 is 5.97 Å². The molecule has 3 aromatic carbocycles. The SMILES string of the molecule is Cc1cc(C2CCN(C(=O)C3CC3)CC2)ccc1CC1CCc2cccc(-c3cccc(-n4ncc(C(=O)O)c4C)c3)c21. The number of aromatic nitrogens is 2. The molecule has 6 nitrogen and oxygen atoms in total. The van der Waals surface area contributed by atoms with Crippen molar-refractivity contribution in [2.75, 3.05) is 13.1 Å². The number of rotatable bonds is 7. The summed E-state index contributed by atoms with van der Waals surface area (Å²) in [7, 11) is 0. The molecule has 1 saturated carbocycles. The van der Waals surface area contributed by atoms with Crippen LogP contribution in [0.3, 0.4) is 0 Å². The van der Waals surface area contributed by atoms with E-state index in [0.717, 1.165) is 69.3 Å². The summed E-state index contributed by atoms with van der Waals surface area (Å²) in [5.74, 6) is 0.721. The Kier molecular flexibility index (Phi) is 7.16. The number of benzene rings is 3. The number of carbonyl (C=O) groups excluding carboxylic acids is 1. The van der Waals surface area contributed by atoms with Gasteiger partial charge in [-0.15, -0.1) is 0 Å². The molecule has 2 heterocycles. The molecule has 1 N–H and O–H groups in total. The fourth-order valence-electron chi connectivity index (χ4n) is 7.42. The van der Waals surface area contributed by atoms with Gasteiger partial charge < -0.3 is 10.0 Å². The molecule has 1 amide bonds. The van der Waals surface area contributed by atoms with Crippen molar-refractivity contribution in [2.24, 2.45) is 5.92 Å². The second-order valence-electron chi connectivity index (χ2n) is 12.8. The van der Waals surface area contributed by atoms with E-state index in [9.17, 15) is 14.7 Å². The molecule has 2 aliphatic carbocycles. The molecule has 0 radical (unpaired) electrons. The highest BCUT2D eigenvalue weighted by molar-refractivity contribution is 5.88. The summed E-state index contributed by atoms with van der Waals surface area (Å²) in [6.45, 7) is 5.84. The van der Waals surface area contributed by atoms with E-state index >= 15 is 0 Å². The summed E-state index contributed by atoms with van der Waals surface area (Å²) in [4.78, 5) is 26.2. The highest BCUT2D eigenvalue weighted by atomic mass is 16.4. The lowest BCUT2D eigenvalue weighted by molar-refractivity contribution is -0.133. The van der Waals surface area contributed by atoms with E-state index in [1.165, 1.54) is 39.6 Å². The predicted octanol–water partition coefficient (Wildman–Crippen LogP) is 7.24. The van der Waals surface area contributed by atoms with Crippen LogP contribution in [0.25, 0.3) is 16.8 Å². The van der Waals surface area contributed by atoms with E-state index in [4.69, 9.17) is 0 Å². The molecule has 1 aromatic heterocycles. The number of hydrogen-bond donors (Lipinski definition) is 1. The minimum Gasteiger partial charge on any atom is -0.478 e. The van der Waals surface area contributed by atoms with Gasteiger partial charge in [0, 0.05) is 19.0 Å². The minimum absolute atomic E-state index is 0.224. The Bertz CT molecular complexity index is 1710. The van der Waals surface area contributed by atoms with Crippen LogP contribution in [0, 0.1) is 19.8 Å². The Hall–Kier alpha value is -4.19. The summed E-state index contributed by atoms with van der Waals surface area (Å²) >= 11 is 0. The van der Waals surface area contributed by atoms with E-state index in [-0.39, 0.29) is 5.56 Å². The molecule has 4 aromatic rings. The van der Waals surface area contributed by atoms with Crippen LogP contribution in [-0.4, -0.2) is 44.8 Å². The van der Waals surface area contributed by atoms with Crippen molar-refractivity contribution < 1.29 is 14.7 Å². The maximum Gasteiger partial charge on any atom is 0.339 e. The third kappa shape index (κ3) is 5.28. The molecule has 1 unspecified atom stereocenters. The monoisotopic (exact) mass is 573 g/mol. The number of piperidine rings is 1. The smallest absolute Gasteiger partial charge is 0.339 e. The molecule has 3 aliphatic rings. The number of fused-ring (bicyclic) bond motifs is 1.